The van der Waals surface area contributed by atoms with Crippen LogP contribution in [-0.2, 0) is 4.79 Å². The van der Waals surface area contributed by atoms with Crippen molar-refractivity contribution in [3.8, 4) is 0 Å². The number of nitrogens with two attached hydrogens (primary N) is 1. The summed E-state index contributed by atoms with van der Waals surface area (Å²) in [5.74, 6) is -0.435. The number of amides is 1. The maximum atomic E-state index is 9.82. The zero-order valence-corrected chi connectivity index (χ0v) is 13.8. The van der Waals surface area contributed by atoms with E-state index in [4.69, 9.17) is 5.73 Å². The van der Waals surface area contributed by atoms with E-state index in [0.29, 0.717) is 5.57 Å². The average molecular weight is 248 g/mol. The van der Waals surface area contributed by atoms with E-state index in [2.05, 4.69) is 34.6 Å². The van der Waals surface area contributed by atoms with Crippen LogP contribution in [-0.4, -0.2) is 38.1 Å². The standard InChI is InChI=1S/C6H16N.C4H7NO.ClH.Na.H/c1-5-6-7(2,3)4;1-3(2)4(5)6;;;/h5-6H2,1-4H3;1H2,2H3,(H2,5,6);1H;;/q+1;;;+1;-1. The smallest absolute Gasteiger partial charge is 1.00 e. The van der Waals surface area contributed by atoms with Gasteiger partial charge in [0.15, 0.2) is 0 Å². The summed E-state index contributed by atoms with van der Waals surface area (Å²) in [6.45, 7) is 8.34. The molecule has 0 spiro atoms. The minimum absolute atomic E-state index is 0. The van der Waals surface area contributed by atoms with Crippen LogP contribution >= 0.6 is 12.4 Å². The number of quaternary nitrogens is 1. The van der Waals surface area contributed by atoms with Crippen molar-refractivity contribution in [3.05, 3.63) is 12.2 Å². The van der Waals surface area contributed by atoms with E-state index in [0.717, 1.165) is 4.48 Å². The Bertz CT molecular complexity index is 172. The molecule has 0 saturated carbocycles. The van der Waals surface area contributed by atoms with E-state index in [-0.39, 0.29) is 43.4 Å². The fraction of sp³-hybridized carbons (Fsp3) is 0.700. The van der Waals surface area contributed by atoms with Crippen LogP contribution in [0.5, 0.6) is 0 Å². The number of carbonyl (C=O) groups is 1. The second-order valence-electron chi connectivity index (χ2n) is 4.16. The molecular weight excluding hydrogens is 223 g/mol. The number of nitrogens with zero attached hydrogens (tertiary/aromatic N) is 1. The molecule has 1 amide bonds. The van der Waals surface area contributed by atoms with Gasteiger partial charge in [0.25, 0.3) is 0 Å². The topological polar surface area (TPSA) is 43.1 Å². The third kappa shape index (κ3) is 31.4. The molecule has 0 aromatic rings. The zero-order valence-electron chi connectivity index (χ0n) is 12.0. The minimum Gasteiger partial charge on any atom is -1.00 e. The van der Waals surface area contributed by atoms with E-state index in [1.54, 1.807) is 6.92 Å². The Kier molecular flexibility index (Phi) is 20.6. The summed E-state index contributed by atoms with van der Waals surface area (Å²) in [5, 5.41) is 0. The van der Waals surface area contributed by atoms with Crippen molar-refractivity contribution in [2.24, 2.45) is 5.73 Å². The van der Waals surface area contributed by atoms with E-state index in [9.17, 15) is 4.79 Å². The predicted octanol–water partition coefficient (Wildman–Crippen LogP) is -1.31. The van der Waals surface area contributed by atoms with Gasteiger partial charge in [0, 0.05) is 5.57 Å². The molecule has 0 atom stereocenters. The molecule has 0 rings (SSSR count). The van der Waals surface area contributed by atoms with Crippen molar-refractivity contribution in [3.63, 3.8) is 0 Å². The molecule has 0 aliphatic heterocycles. The second kappa shape index (κ2) is 12.5. The van der Waals surface area contributed by atoms with Gasteiger partial charge in [0.1, 0.15) is 0 Å². The second-order valence-corrected chi connectivity index (χ2v) is 4.16. The molecule has 5 heteroatoms. The molecule has 0 aromatic carbocycles. The van der Waals surface area contributed by atoms with Gasteiger partial charge < -0.3 is 11.6 Å². The van der Waals surface area contributed by atoms with Crippen molar-refractivity contribution < 1.29 is 40.3 Å². The summed E-state index contributed by atoms with van der Waals surface area (Å²) in [5.41, 5.74) is 5.09. The number of hydrogen-bond acceptors (Lipinski definition) is 1. The average Bonchev–Trinajstić information content (AvgIpc) is 1.85. The molecule has 0 saturated heterocycles. The van der Waals surface area contributed by atoms with Crippen molar-refractivity contribution in [2.45, 2.75) is 20.3 Å². The Hall–Kier alpha value is 0.460. The van der Waals surface area contributed by atoms with Gasteiger partial charge in [-0.2, -0.15) is 0 Å². The summed E-state index contributed by atoms with van der Waals surface area (Å²) in [6.07, 6.45) is 1.28. The van der Waals surface area contributed by atoms with Gasteiger partial charge in [-0.25, -0.2) is 0 Å². The molecule has 2 N–H and O–H groups in total. The number of carbonyl (C=O) groups excluding carboxylic acids is 1. The fourth-order valence-corrected chi connectivity index (χ4v) is 0.671. The zero-order chi connectivity index (χ0) is 11.1. The predicted molar refractivity (Wildman–Crippen MR) is 65.6 cm³/mol. The van der Waals surface area contributed by atoms with Gasteiger partial charge in [-0.15, -0.1) is 12.4 Å². The van der Waals surface area contributed by atoms with Crippen LogP contribution in [0.1, 0.15) is 21.7 Å². The molecule has 0 fully saturated rings. The first-order chi connectivity index (χ1) is 5.70. The molecule has 0 heterocycles. The molecule has 0 radical (unpaired) electrons. The molecule has 0 aliphatic carbocycles. The van der Waals surface area contributed by atoms with Crippen LogP contribution in [0.25, 0.3) is 0 Å². The largest absolute Gasteiger partial charge is 1.00 e. The number of rotatable bonds is 3. The molecule has 0 aromatic heterocycles. The summed E-state index contributed by atoms with van der Waals surface area (Å²) in [4.78, 5) is 9.82. The van der Waals surface area contributed by atoms with Gasteiger partial charge >= 0.3 is 29.6 Å². The fourth-order valence-electron chi connectivity index (χ4n) is 0.671. The minimum atomic E-state index is -0.435. The van der Waals surface area contributed by atoms with Crippen molar-refractivity contribution in [2.75, 3.05) is 27.7 Å². The Morgan fingerprint density at radius 3 is 1.67 bits per heavy atom. The molecule has 15 heavy (non-hydrogen) atoms. The molecule has 0 unspecified atom stereocenters. The Balaban J connectivity index is -0.0000000428. The third-order valence-corrected chi connectivity index (χ3v) is 1.32. The third-order valence-electron chi connectivity index (χ3n) is 1.32. The van der Waals surface area contributed by atoms with Crippen LogP contribution in [0.3, 0.4) is 0 Å². The van der Waals surface area contributed by atoms with Gasteiger partial charge in [0.2, 0.25) is 5.91 Å². The molecular formula is C10H25ClN2NaO+. The quantitative estimate of drug-likeness (QED) is 0.376. The molecule has 0 aliphatic rings. The normalized spacial score (nSPS) is 8.60. The van der Waals surface area contributed by atoms with Gasteiger partial charge in [0.05, 0.1) is 27.7 Å². The van der Waals surface area contributed by atoms with Crippen LogP contribution in [0.4, 0.5) is 0 Å². The van der Waals surface area contributed by atoms with E-state index >= 15 is 0 Å². The van der Waals surface area contributed by atoms with Crippen molar-refractivity contribution in [1.29, 1.82) is 0 Å². The molecule has 3 nitrogen and oxygen atoms in total. The maximum absolute atomic E-state index is 9.82. The van der Waals surface area contributed by atoms with E-state index in [1.807, 2.05) is 0 Å². The van der Waals surface area contributed by atoms with Crippen LogP contribution < -0.4 is 35.3 Å². The van der Waals surface area contributed by atoms with Crippen molar-refractivity contribution in [1.82, 2.24) is 0 Å². The first-order valence-corrected chi connectivity index (χ1v) is 4.46. The van der Waals surface area contributed by atoms with Crippen LogP contribution in [0, 0.1) is 0 Å². The number of primary amides is 1. The van der Waals surface area contributed by atoms with Crippen molar-refractivity contribution >= 4 is 18.3 Å². The summed E-state index contributed by atoms with van der Waals surface area (Å²) in [7, 11) is 6.64. The monoisotopic (exact) mass is 247 g/mol. The summed E-state index contributed by atoms with van der Waals surface area (Å²) < 4.78 is 1.09. The maximum Gasteiger partial charge on any atom is 1.00 e. The van der Waals surface area contributed by atoms with E-state index in [1.165, 1.54) is 13.0 Å². The first-order valence-electron chi connectivity index (χ1n) is 4.46. The van der Waals surface area contributed by atoms with Crippen LogP contribution in [0.15, 0.2) is 12.2 Å². The first kappa shape index (κ1) is 24.6. The SMILES string of the molecule is C=C(C)C(N)=O.CCC[N+](C)(C)C.Cl.[H-].[Na+]. The number of halogens is 1. The summed E-state index contributed by atoms with van der Waals surface area (Å²) in [6, 6.07) is 0. The summed E-state index contributed by atoms with van der Waals surface area (Å²) >= 11 is 0. The van der Waals surface area contributed by atoms with Gasteiger partial charge in [-0.05, 0) is 13.3 Å². The van der Waals surface area contributed by atoms with Gasteiger partial charge in [-0.3, -0.25) is 4.79 Å². The van der Waals surface area contributed by atoms with Crippen LogP contribution in [0.2, 0.25) is 0 Å². The van der Waals surface area contributed by atoms with E-state index < -0.39 is 5.91 Å². The van der Waals surface area contributed by atoms with Gasteiger partial charge in [-0.1, -0.05) is 13.5 Å². The molecule has 0 bridgehead atoms. The Morgan fingerprint density at radius 2 is 1.67 bits per heavy atom. The molecule has 88 valence electrons. The Labute approximate surface area is 124 Å². The Morgan fingerprint density at radius 1 is 1.40 bits per heavy atom. The number of hydrogen-bond donors (Lipinski definition) is 1.